The number of hydrogen-bond donors (Lipinski definition) is 3. The summed E-state index contributed by atoms with van der Waals surface area (Å²) in [4.78, 5) is 10.5. The van der Waals surface area contributed by atoms with Gasteiger partial charge in [0.25, 0.3) is 0 Å². The average Bonchev–Trinajstić information content (AvgIpc) is 2.26. The van der Waals surface area contributed by atoms with E-state index in [2.05, 4.69) is 4.72 Å². The molecule has 0 spiro atoms. The highest BCUT2D eigenvalue weighted by molar-refractivity contribution is 7.89. The Morgan fingerprint density at radius 3 is 2.33 bits per heavy atom. The van der Waals surface area contributed by atoms with Crippen LogP contribution in [0.1, 0.15) is 5.56 Å². The molecule has 0 heterocycles. The molecule has 0 aromatic heterocycles. The number of carboxylic acids is 1. The van der Waals surface area contributed by atoms with Gasteiger partial charge in [0.05, 0.1) is 4.90 Å². The quantitative estimate of drug-likeness (QED) is 0.714. The number of carbonyl (C=O) groups is 1. The van der Waals surface area contributed by atoms with Crippen LogP contribution in [0.3, 0.4) is 0 Å². The first-order valence-corrected chi connectivity index (χ1v) is 6.36. The normalized spacial score (nSPS) is 12.6. The summed E-state index contributed by atoms with van der Waals surface area (Å²) in [5, 5.41) is 8.53. The first kappa shape index (κ1) is 16.9. The maximum Gasteiger partial charge on any atom is 0.321 e. The first-order valence-electron chi connectivity index (χ1n) is 4.87. The number of halogens is 1. The third-order valence-electron chi connectivity index (χ3n) is 2.14. The molecule has 0 amide bonds. The SMILES string of the molecule is Cc1ccc(S(=O)(=O)NC[C@@H](N)C(=O)O)cc1.Cl. The molecule has 0 fully saturated rings. The Balaban J connectivity index is 0.00000289. The van der Waals surface area contributed by atoms with E-state index >= 15 is 0 Å². The zero-order chi connectivity index (χ0) is 13.1. The molecule has 1 rings (SSSR count). The fraction of sp³-hybridized carbons (Fsp3) is 0.300. The van der Waals surface area contributed by atoms with Crippen LogP contribution >= 0.6 is 12.4 Å². The Morgan fingerprint density at radius 2 is 1.89 bits per heavy atom. The van der Waals surface area contributed by atoms with E-state index < -0.39 is 22.0 Å². The molecule has 1 aromatic rings. The van der Waals surface area contributed by atoms with Gasteiger partial charge in [0, 0.05) is 6.54 Å². The van der Waals surface area contributed by atoms with E-state index in [0.717, 1.165) is 5.56 Å². The fourth-order valence-electron chi connectivity index (χ4n) is 1.09. The number of benzene rings is 1. The van der Waals surface area contributed by atoms with Gasteiger partial charge in [-0.2, -0.15) is 0 Å². The number of rotatable bonds is 5. The van der Waals surface area contributed by atoms with Gasteiger partial charge in [0.15, 0.2) is 0 Å². The minimum atomic E-state index is -3.70. The Hall–Kier alpha value is -1.15. The van der Waals surface area contributed by atoms with Crippen molar-refractivity contribution >= 4 is 28.4 Å². The second kappa shape index (κ2) is 6.69. The number of hydrogen-bond acceptors (Lipinski definition) is 4. The fourth-order valence-corrected chi connectivity index (χ4v) is 2.15. The molecule has 8 heteroatoms. The predicted molar refractivity (Wildman–Crippen MR) is 69.2 cm³/mol. The van der Waals surface area contributed by atoms with Gasteiger partial charge in [-0.1, -0.05) is 17.7 Å². The van der Waals surface area contributed by atoms with Crippen molar-refractivity contribution in [1.29, 1.82) is 0 Å². The summed E-state index contributed by atoms with van der Waals surface area (Å²) >= 11 is 0. The lowest BCUT2D eigenvalue weighted by Crippen LogP contribution is -2.42. The molecule has 102 valence electrons. The van der Waals surface area contributed by atoms with Gasteiger partial charge in [0.2, 0.25) is 10.0 Å². The van der Waals surface area contributed by atoms with Crippen LogP contribution in [-0.2, 0) is 14.8 Å². The summed E-state index contributed by atoms with van der Waals surface area (Å²) in [6, 6.07) is 4.96. The van der Waals surface area contributed by atoms with Crippen LogP contribution in [0.25, 0.3) is 0 Å². The topological polar surface area (TPSA) is 109 Å². The largest absolute Gasteiger partial charge is 0.480 e. The molecule has 18 heavy (non-hydrogen) atoms. The lowest BCUT2D eigenvalue weighted by molar-refractivity contribution is -0.138. The van der Waals surface area contributed by atoms with Crippen LogP contribution in [0.15, 0.2) is 29.2 Å². The number of nitrogens with one attached hydrogen (secondary N) is 1. The average molecular weight is 295 g/mol. The predicted octanol–water partition coefficient (Wildman–Crippen LogP) is 0.107. The summed E-state index contributed by atoms with van der Waals surface area (Å²) in [6.07, 6.45) is 0. The summed E-state index contributed by atoms with van der Waals surface area (Å²) in [5.74, 6) is -1.25. The lowest BCUT2D eigenvalue weighted by atomic mass is 10.2. The molecule has 6 nitrogen and oxygen atoms in total. The molecular formula is C10H15ClN2O4S. The number of nitrogens with two attached hydrogens (primary N) is 1. The molecule has 4 N–H and O–H groups in total. The van der Waals surface area contributed by atoms with Crippen LogP contribution in [0.5, 0.6) is 0 Å². The van der Waals surface area contributed by atoms with Crippen LogP contribution in [0.2, 0.25) is 0 Å². The third kappa shape index (κ3) is 4.61. The summed E-state index contributed by atoms with van der Waals surface area (Å²) in [6.45, 7) is 1.50. The summed E-state index contributed by atoms with van der Waals surface area (Å²) < 4.78 is 25.6. The minimum absolute atomic E-state index is 0. The highest BCUT2D eigenvalue weighted by Gasteiger charge is 2.18. The van der Waals surface area contributed by atoms with Gasteiger partial charge in [-0.3, -0.25) is 4.79 Å². The third-order valence-corrected chi connectivity index (χ3v) is 3.58. The van der Waals surface area contributed by atoms with Crippen LogP contribution in [0, 0.1) is 6.92 Å². The van der Waals surface area contributed by atoms with Crippen molar-refractivity contribution in [1.82, 2.24) is 4.72 Å². The number of sulfonamides is 1. The van der Waals surface area contributed by atoms with E-state index in [-0.39, 0.29) is 23.8 Å². The highest BCUT2D eigenvalue weighted by atomic mass is 35.5. The molecular weight excluding hydrogens is 280 g/mol. The van der Waals surface area contributed by atoms with Crippen molar-refractivity contribution in [3.63, 3.8) is 0 Å². The minimum Gasteiger partial charge on any atom is -0.480 e. The van der Waals surface area contributed by atoms with Crippen molar-refractivity contribution in [2.75, 3.05) is 6.54 Å². The van der Waals surface area contributed by atoms with Crippen LogP contribution < -0.4 is 10.5 Å². The second-order valence-corrected chi connectivity index (χ2v) is 5.38. The zero-order valence-corrected chi connectivity index (χ0v) is 11.3. The number of carboxylic acid groups (broad SMARTS) is 1. The van der Waals surface area contributed by atoms with Gasteiger partial charge < -0.3 is 10.8 Å². The van der Waals surface area contributed by atoms with Crippen molar-refractivity contribution in [3.05, 3.63) is 29.8 Å². The van der Waals surface area contributed by atoms with E-state index in [4.69, 9.17) is 10.8 Å². The Kier molecular flexibility index (Phi) is 6.27. The van der Waals surface area contributed by atoms with Gasteiger partial charge in [-0.15, -0.1) is 12.4 Å². The van der Waals surface area contributed by atoms with E-state index in [0.29, 0.717) is 0 Å². The summed E-state index contributed by atoms with van der Waals surface area (Å²) in [5.41, 5.74) is 6.14. The monoisotopic (exact) mass is 294 g/mol. The van der Waals surface area contributed by atoms with Crippen molar-refractivity contribution in [3.8, 4) is 0 Å². The lowest BCUT2D eigenvalue weighted by Gasteiger charge is -2.09. The first-order chi connectivity index (χ1) is 7.83. The Morgan fingerprint density at radius 1 is 1.39 bits per heavy atom. The zero-order valence-electron chi connectivity index (χ0n) is 9.66. The van der Waals surface area contributed by atoms with Gasteiger partial charge in [-0.05, 0) is 19.1 Å². The maximum atomic E-state index is 11.7. The molecule has 0 bridgehead atoms. The van der Waals surface area contributed by atoms with Crippen molar-refractivity contribution < 1.29 is 18.3 Å². The standard InChI is InChI=1S/C10H14N2O4S.ClH/c1-7-2-4-8(5-3-7)17(15,16)12-6-9(11)10(13)14;/h2-5,9,12H,6,11H2,1H3,(H,13,14);1H/t9-;/m1./s1. The van der Waals surface area contributed by atoms with Crippen LogP contribution in [-0.4, -0.2) is 32.1 Å². The Bertz CT molecular complexity index is 501. The second-order valence-electron chi connectivity index (χ2n) is 3.61. The summed E-state index contributed by atoms with van der Waals surface area (Å²) in [7, 11) is -3.70. The maximum absolute atomic E-state index is 11.7. The van der Waals surface area contributed by atoms with Gasteiger partial charge in [-0.25, -0.2) is 13.1 Å². The van der Waals surface area contributed by atoms with E-state index in [1.165, 1.54) is 12.1 Å². The molecule has 0 aliphatic carbocycles. The molecule has 1 atom stereocenters. The number of aliphatic carboxylic acids is 1. The van der Waals surface area contributed by atoms with Gasteiger partial charge in [0.1, 0.15) is 6.04 Å². The molecule has 0 aliphatic heterocycles. The van der Waals surface area contributed by atoms with Crippen molar-refractivity contribution in [2.45, 2.75) is 17.9 Å². The van der Waals surface area contributed by atoms with E-state index in [1.807, 2.05) is 6.92 Å². The van der Waals surface area contributed by atoms with Gasteiger partial charge >= 0.3 is 5.97 Å². The van der Waals surface area contributed by atoms with Crippen LogP contribution in [0.4, 0.5) is 0 Å². The molecule has 0 saturated heterocycles. The van der Waals surface area contributed by atoms with E-state index in [1.54, 1.807) is 12.1 Å². The smallest absolute Gasteiger partial charge is 0.321 e. The molecule has 1 aromatic carbocycles. The molecule has 0 radical (unpaired) electrons. The number of aryl methyl sites for hydroxylation is 1. The highest BCUT2D eigenvalue weighted by Crippen LogP contribution is 2.09. The molecule has 0 saturated carbocycles. The van der Waals surface area contributed by atoms with E-state index in [9.17, 15) is 13.2 Å². The molecule has 0 unspecified atom stereocenters. The molecule has 0 aliphatic rings. The Labute approximate surface area is 112 Å². The van der Waals surface area contributed by atoms with Crippen molar-refractivity contribution in [2.24, 2.45) is 5.73 Å².